The first-order valence-electron chi connectivity index (χ1n) is 9.14. The third-order valence-electron chi connectivity index (χ3n) is 4.48. The minimum absolute atomic E-state index is 0.124. The summed E-state index contributed by atoms with van der Waals surface area (Å²) in [5.74, 6) is 0. The number of halogens is 5. The van der Waals surface area contributed by atoms with Crippen LogP contribution in [0.25, 0.3) is 16.9 Å². The van der Waals surface area contributed by atoms with Gasteiger partial charge in [0.15, 0.2) is 5.69 Å². The molecule has 0 atom stereocenters. The van der Waals surface area contributed by atoms with Gasteiger partial charge in [-0.1, -0.05) is 57.9 Å². The zero-order valence-corrected chi connectivity index (χ0v) is 18.2. The van der Waals surface area contributed by atoms with Crippen LogP contribution in [0.3, 0.4) is 0 Å². The summed E-state index contributed by atoms with van der Waals surface area (Å²) in [5, 5.41) is 4.42. The number of alkyl halides is 3. The number of aliphatic imine (C=N–C) groups is 1. The first-order chi connectivity index (χ1) is 14.8. The van der Waals surface area contributed by atoms with E-state index in [2.05, 4.69) is 26.0 Å². The van der Waals surface area contributed by atoms with Gasteiger partial charge < -0.3 is 0 Å². The molecule has 4 rings (SSSR count). The molecule has 0 unspecified atom stereocenters. The molecule has 31 heavy (non-hydrogen) atoms. The van der Waals surface area contributed by atoms with E-state index < -0.39 is 11.9 Å². The van der Waals surface area contributed by atoms with Crippen molar-refractivity contribution < 1.29 is 13.2 Å². The van der Waals surface area contributed by atoms with Gasteiger partial charge in [-0.3, -0.25) is 4.99 Å². The SMILES string of the molecule is FC(F)(F)c1nn(-c2ccccc2)c(-c2ccc(Cl)cc2)c1C=Nc1ccc(Br)cc1. The Bertz CT molecular complexity index is 1220. The Balaban J connectivity index is 1.97. The third-order valence-corrected chi connectivity index (χ3v) is 5.26. The number of hydrogen-bond donors (Lipinski definition) is 0. The maximum Gasteiger partial charge on any atom is 0.435 e. The standard InChI is InChI=1S/C23H14BrClF3N3/c24-16-8-12-18(13-9-16)29-14-20-21(15-6-10-17(25)11-7-15)31(19-4-2-1-3-5-19)30-22(20)23(26,27)28/h1-14H. The summed E-state index contributed by atoms with van der Waals surface area (Å²) < 4.78 is 44.0. The Morgan fingerprint density at radius 1 is 0.903 bits per heavy atom. The summed E-state index contributed by atoms with van der Waals surface area (Å²) >= 11 is 9.33. The van der Waals surface area contributed by atoms with Gasteiger partial charge in [0.1, 0.15) is 0 Å². The van der Waals surface area contributed by atoms with Crippen LogP contribution >= 0.6 is 27.5 Å². The Hall–Kier alpha value is -2.90. The van der Waals surface area contributed by atoms with E-state index in [9.17, 15) is 13.2 Å². The highest BCUT2D eigenvalue weighted by Gasteiger charge is 2.39. The second-order valence-electron chi connectivity index (χ2n) is 6.60. The molecule has 156 valence electrons. The molecule has 0 bridgehead atoms. The van der Waals surface area contributed by atoms with Crippen LogP contribution in [0.1, 0.15) is 11.3 Å². The molecule has 0 aliphatic rings. The zero-order valence-electron chi connectivity index (χ0n) is 15.8. The summed E-state index contributed by atoms with van der Waals surface area (Å²) in [5.41, 5.74) is 0.695. The average molecular weight is 505 g/mol. The molecule has 3 aromatic carbocycles. The van der Waals surface area contributed by atoms with Gasteiger partial charge in [0.05, 0.1) is 22.6 Å². The largest absolute Gasteiger partial charge is 0.435 e. The minimum atomic E-state index is -4.66. The molecular weight excluding hydrogens is 491 g/mol. The lowest BCUT2D eigenvalue weighted by Crippen LogP contribution is -2.09. The molecule has 1 heterocycles. The molecule has 3 nitrogen and oxygen atoms in total. The number of nitrogens with zero attached hydrogens (tertiary/aromatic N) is 3. The Labute approximate surface area is 190 Å². The van der Waals surface area contributed by atoms with Crippen LogP contribution in [0, 0.1) is 0 Å². The second-order valence-corrected chi connectivity index (χ2v) is 7.95. The first kappa shape index (κ1) is 21.3. The van der Waals surface area contributed by atoms with E-state index in [-0.39, 0.29) is 11.3 Å². The van der Waals surface area contributed by atoms with Crippen LogP contribution in [-0.2, 0) is 6.18 Å². The Kier molecular flexibility index (Phi) is 5.98. The van der Waals surface area contributed by atoms with Crippen molar-refractivity contribution in [2.75, 3.05) is 0 Å². The van der Waals surface area contributed by atoms with Crippen LogP contribution in [0.15, 0.2) is 88.3 Å². The molecule has 0 spiro atoms. The molecule has 0 amide bonds. The summed E-state index contributed by atoms with van der Waals surface area (Å²) in [7, 11) is 0. The van der Waals surface area contributed by atoms with Crippen LogP contribution in [0.5, 0.6) is 0 Å². The predicted molar refractivity (Wildman–Crippen MR) is 120 cm³/mol. The van der Waals surface area contributed by atoms with E-state index in [4.69, 9.17) is 11.6 Å². The number of rotatable bonds is 4. The van der Waals surface area contributed by atoms with Crippen LogP contribution < -0.4 is 0 Å². The summed E-state index contributed by atoms with van der Waals surface area (Å²) in [4.78, 5) is 4.28. The lowest BCUT2D eigenvalue weighted by atomic mass is 10.1. The van der Waals surface area contributed by atoms with Gasteiger partial charge in [0.25, 0.3) is 0 Å². The van der Waals surface area contributed by atoms with Crippen molar-refractivity contribution in [1.82, 2.24) is 9.78 Å². The highest BCUT2D eigenvalue weighted by Crippen LogP contribution is 2.37. The molecule has 1 aromatic heterocycles. The zero-order chi connectivity index (χ0) is 22.0. The van der Waals surface area contributed by atoms with Gasteiger partial charge >= 0.3 is 6.18 Å². The minimum Gasteiger partial charge on any atom is -0.256 e. The molecule has 0 N–H and O–H groups in total. The van der Waals surface area contributed by atoms with E-state index in [0.29, 0.717) is 22.0 Å². The van der Waals surface area contributed by atoms with Crippen molar-refractivity contribution in [2.24, 2.45) is 4.99 Å². The van der Waals surface area contributed by atoms with Gasteiger partial charge in [-0.25, -0.2) is 4.68 Å². The molecule has 0 fully saturated rings. The summed E-state index contributed by atoms with van der Waals surface area (Å²) in [6.07, 6.45) is -3.45. The van der Waals surface area contributed by atoms with Crippen LogP contribution in [0.2, 0.25) is 5.02 Å². The van der Waals surface area contributed by atoms with Gasteiger partial charge in [-0.15, -0.1) is 0 Å². The maximum atomic E-state index is 14.0. The fraction of sp³-hybridized carbons (Fsp3) is 0.0435. The number of benzene rings is 3. The maximum absolute atomic E-state index is 14.0. The summed E-state index contributed by atoms with van der Waals surface area (Å²) in [6.45, 7) is 0. The molecule has 4 aromatic rings. The van der Waals surface area contributed by atoms with Crippen molar-refractivity contribution in [2.45, 2.75) is 6.18 Å². The van der Waals surface area contributed by atoms with Crippen molar-refractivity contribution in [1.29, 1.82) is 0 Å². The van der Waals surface area contributed by atoms with E-state index >= 15 is 0 Å². The van der Waals surface area contributed by atoms with E-state index in [1.165, 1.54) is 10.9 Å². The highest BCUT2D eigenvalue weighted by atomic mass is 79.9. The second kappa shape index (κ2) is 8.69. The van der Waals surface area contributed by atoms with Crippen LogP contribution in [0.4, 0.5) is 18.9 Å². The van der Waals surface area contributed by atoms with Crippen molar-refractivity contribution >= 4 is 39.4 Å². The normalized spacial score (nSPS) is 11.9. The van der Waals surface area contributed by atoms with Crippen molar-refractivity contribution in [3.63, 3.8) is 0 Å². The third kappa shape index (κ3) is 4.73. The number of para-hydroxylation sites is 1. The van der Waals surface area contributed by atoms with Crippen LogP contribution in [-0.4, -0.2) is 16.0 Å². The molecule has 0 saturated carbocycles. The van der Waals surface area contributed by atoms with Gasteiger partial charge in [0, 0.05) is 21.3 Å². The van der Waals surface area contributed by atoms with E-state index in [0.717, 1.165) is 4.47 Å². The predicted octanol–water partition coefficient (Wildman–Crippen LogP) is 7.72. The number of hydrogen-bond acceptors (Lipinski definition) is 2. The fourth-order valence-corrected chi connectivity index (χ4v) is 3.46. The molecule has 0 aliphatic heterocycles. The first-order valence-corrected chi connectivity index (χ1v) is 10.3. The quantitative estimate of drug-likeness (QED) is 0.262. The number of aromatic nitrogens is 2. The average Bonchev–Trinajstić information content (AvgIpc) is 3.14. The lowest BCUT2D eigenvalue weighted by Gasteiger charge is -2.09. The monoisotopic (exact) mass is 503 g/mol. The smallest absolute Gasteiger partial charge is 0.256 e. The lowest BCUT2D eigenvalue weighted by molar-refractivity contribution is -0.141. The summed E-state index contributed by atoms with van der Waals surface area (Å²) in [6, 6.07) is 22.2. The molecule has 0 saturated heterocycles. The van der Waals surface area contributed by atoms with Crippen molar-refractivity contribution in [3.05, 3.63) is 99.6 Å². The van der Waals surface area contributed by atoms with E-state index in [1.54, 1.807) is 78.9 Å². The van der Waals surface area contributed by atoms with Crippen molar-refractivity contribution in [3.8, 4) is 16.9 Å². The Morgan fingerprint density at radius 2 is 1.55 bits per heavy atom. The van der Waals surface area contributed by atoms with Gasteiger partial charge in [-0.2, -0.15) is 18.3 Å². The molecule has 0 aliphatic carbocycles. The van der Waals surface area contributed by atoms with Gasteiger partial charge in [0.2, 0.25) is 0 Å². The Morgan fingerprint density at radius 3 is 2.16 bits per heavy atom. The van der Waals surface area contributed by atoms with E-state index in [1.807, 2.05) is 0 Å². The molecule has 8 heteroatoms. The molecule has 0 radical (unpaired) electrons. The topological polar surface area (TPSA) is 30.2 Å². The molecular formula is C23H14BrClF3N3. The van der Waals surface area contributed by atoms with Gasteiger partial charge in [-0.05, 0) is 48.5 Å². The highest BCUT2D eigenvalue weighted by molar-refractivity contribution is 9.10. The fourth-order valence-electron chi connectivity index (χ4n) is 3.07.